The fourth-order valence-corrected chi connectivity index (χ4v) is 4.52. The van der Waals surface area contributed by atoms with Gasteiger partial charge >= 0.3 is 0 Å². The summed E-state index contributed by atoms with van der Waals surface area (Å²) in [5.74, 6) is 1.50. The van der Waals surface area contributed by atoms with Gasteiger partial charge < -0.3 is 24.0 Å². The van der Waals surface area contributed by atoms with E-state index >= 15 is 0 Å². The molecule has 1 aromatic carbocycles. The van der Waals surface area contributed by atoms with Gasteiger partial charge in [0.2, 0.25) is 11.8 Å². The lowest BCUT2D eigenvalue weighted by atomic mass is 10.1. The third-order valence-electron chi connectivity index (χ3n) is 5.88. The molecule has 7 nitrogen and oxygen atoms in total. The Hall–Kier alpha value is -2.58. The molecule has 186 valence electrons. The molecule has 3 rings (SSSR count). The van der Waals surface area contributed by atoms with E-state index in [2.05, 4.69) is 0 Å². The molecule has 34 heavy (non-hydrogen) atoms. The molecule has 0 bridgehead atoms. The first-order chi connectivity index (χ1) is 16.5. The van der Waals surface area contributed by atoms with E-state index in [9.17, 15) is 9.59 Å². The third-order valence-corrected chi connectivity index (χ3v) is 6.74. The van der Waals surface area contributed by atoms with Gasteiger partial charge in [-0.1, -0.05) is 12.1 Å². The fourth-order valence-electron chi connectivity index (χ4n) is 3.80. The Bertz CT molecular complexity index is 914. The number of ether oxygens (including phenoxy) is 3. The lowest BCUT2D eigenvalue weighted by molar-refractivity contribution is -0.141. The van der Waals surface area contributed by atoms with Crippen molar-refractivity contribution in [2.75, 3.05) is 47.1 Å². The largest absolute Gasteiger partial charge is 0.493 e. The van der Waals surface area contributed by atoms with Crippen LogP contribution in [-0.4, -0.2) is 68.7 Å². The summed E-state index contributed by atoms with van der Waals surface area (Å²) in [6, 6.07) is 9.85. The Morgan fingerprint density at radius 2 is 1.85 bits per heavy atom. The summed E-state index contributed by atoms with van der Waals surface area (Å²) >= 11 is 1.63. The highest BCUT2D eigenvalue weighted by molar-refractivity contribution is 7.09. The van der Waals surface area contributed by atoms with Crippen LogP contribution in [0.2, 0.25) is 0 Å². The molecular weight excluding hydrogens is 452 g/mol. The maximum Gasteiger partial charge on any atom is 0.242 e. The summed E-state index contributed by atoms with van der Waals surface area (Å²) < 4.78 is 16.2. The monoisotopic (exact) mass is 488 g/mol. The standard InChI is InChI=1S/C26H36N2O5S/c1-4-33-15-6-13-28(26(30)21-9-10-21)19-25(29)27(18-22-7-5-16-34-22)14-12-20-8-11-23(31-2)24(17-20)32-3/h5,7-8,11,16-17,21H,4,6,9-10,12-15,18-19H2,1-3H3. The summed E-state index contributed by atoms with van der Waals surface area (Å²) in [6.45, 7) is 4.95. The van der Waals surface area contributed by atoms with Gasteiger partial charge in [-0.2, -0.15) is 0 Å². The summed E-state index contributed by atoms with van der Waals surface area (Å²) in [5, 5.41) is 2.02. The average Bonchev–Trinajstić information content (AvgIpc) is 3.58. The minimum Gasteiger partial charge on any atom is -0.493 e. The Balaban J connectivity index is 1.67. The first kappa shape index (κ1) is 26.0. The molecule has 1 saturated carbocycles. The predicted octanol–water partition coefficient (Wildman–Crippen LogP) is 4.00. The zero-order valence-electron chi connectivity index (χ0n) is 20.5. The topological polar surface area (TPSA) is 68.3 Å². The number of hydrogen-bond acceptors (Lipinski definition) is 6. The number of hydrogen-bond donors (Lipinski definition) is 0. The van der Waals surface area contributed by atoms with E-state index in [0.717, 1.165) is 29.7 Å². The Morgan fingerprint density at radius 3 is 2.50 bits per heavy atom. The molecule has 1 aliphatic rings. The van der Waals surface area contributed by atoms with Crippen molar-refractivity contribution in [3.63, 3.8) is 0 Å². The van der Waals surface area contributed by atoms with Crippen molar-refractivity contribution in [3.8, 4) is 11.5 Å². The van der Waals surface area contributed by atoms with Gasteiger partial charge in [-0.15, -0.1) is 11.3 Å². The number of nitrogens with zero attached hydrogens (tertiary/aromatic N) is 2. The molecule has 0 aliphatic heterocycles. The van der Waals surface area contributed by atoms with Crippen LogP contribution in [-0.2, 0) is 27.3 Å². The van der Waals surface area contributed by atoms with Crippen LogP contribution in [0, 0.1) is 5.92 Å². The Kier molecular flexibility index (Phi) is 10.2. The van der Waals surface area contributed by atoms with Gasteiger partial charge in [-0.25, -0.2) is 0 Å². The van der Waals surface area contributed by atoms with Crippen molar-refractivity contribution in [2.24, 2.45) is 5.92 Å². The van der Waals surface area contributed by atoms with Crippen molar-refractivity contribution < 1.29 is 23.8 Å². The third kappa shape index (κ3) is 7.74. The molecule has 8 heteroatoms. The second-order valence-corrected chi connectivity index (χ2v) is 9.45. The van der Waals surface area contributed by atoms with Gasteiger partial charge in [0.25, 0.3) is 0 Å². The Labute approximate surface area is 206 Å². The van der Waals surface area contributed by atoms with Crippen LogP contribution >= 0.6 is 11.3 Å². The normalized spacial score (nSPS) is 12.9. The minimum absolute atomic E-state index is 0.0284. The molecule has 0 radical (unpaired) electrons. The summed E-state index contributed by atoms with van der Waals surface area (Å²) in [7, 11) is 3.23. The number of benzene rings is 1. The van der Waals surface area contributed by atoms with Gasteiger partial charge in [0.05, 0.1) is 27.3 Å². The molecular formula is C26H36N2O5S. The molecule has 1 aromatic heterocycles. The van der Waals surface area contributed by atoms with Crippen LogP contribution in [0.25, 0.3) is 0 Å². The van der Waals surface area contributed by atoms with Crippen molar-refractivity contribution in [3.05, 3.63) is 46.2 Å². The number of carbonyl (C=O) groups is 2. The molecule has 1 aliphatic carbocycles. The van der Waals surface area contributed by atoms with Crippen molar-refractivity contribution in [2.45, 2.75) is 39.2 Å². The van der Waals surface area contributed by atoms with Crippen LogP contribution in [0.15, 0.2) is 35.7 Å². The molecule has 0 N–H and O–H groups in total. The SMILES string of the molecule is CCOCCCN(CC(=O)N(CCc1ccc(OC)c(OC)c1)Cc1cccs1)C(=O)C1CC1. The van der Waals surface area contributed by atoms with Crippen LogP contribution in [0.3, 0.4) is 0 Å². The number of carbonyl (C=O) groups excluding carboxylic acids is 2. The van der Waals surface area contributed by atoms with Crippen molar-refractivity contribution >= 4 is 23.2 Å². The number of rotatable bonds is 15. The lowest BCUT2D eigenvalue weighted by Gasteiger charge is -2.28. The molecule has 0 atom stereocenters. The smallest absolute Gasteiger partial charge is 0.242 e. The van der Waals surface area contributed by atoms with E-state index in [0.29, 0.717) is 50.8 Å². The fraction of sp³-hybridized carbons (Fsp3) is 0.538. The van der Waals surface area contributed by atoms with E-state index in [1.54, 1.807) is 30.5 Å². The van der Waals surface area contributed by atoms with Crippen LogP contribution < -0.4 is 9.47 Å². The van der Waals surface area contributed by atoms with E-state index in [-0.39, 0.29) is 24.3 Å². The van der Waals surface area contributed by atoms with Crippen LogP contribution in [0.1, 0.15) is 36.6 Å². The maximum absolute atomic E-state index is 13.4. The molecule has 1 fully saturated rings. The average molecular weight is 489 g/mol. The van der Waals surface area contributed by atoms with E-state index in [1.807, 2.05) is 47.5 Å². The zero-order chi connectivity index (χ0) is 24.3. The maximum atomic E-state index is 13.4. The summed E-state index contributed by atoms with van der Waals surface area (Å²) in [6.07, 6.45) is 3.26. The number of thiophene rings is 1. The zero-order valence-corrected chi connectivity index (χ0v) is 21.3. The van der Waals surface area contributed by atoms with Gasteiger partial charge in [0.15, 0.2) is 11.5 Å². The molecule has 2 amide bonds. The van der Waals surface area contributed by atoms with Crippen LogP contribution in [0.4, 0.5) is 0 Å². The number of methoxy groups -OCH3 is 2. The minimum atomic E-state index is -0.0284. The lowest BCUT2D eigenvalue weighted by Crippen LogP contribution is -2.44. The van der Waals surface area contributed by atoms with Gasteiger partial charge in [0.1, 0.15) is 0 Å². The molecule has 2 aromatic rings. The predicted molar refractivity (Wildman–Crippen MR) is 133 cm³/mol. The van der Waals surface area contributed by atoms with Crippen molar-refractivity contribution in [1.29, 1.82) is 0 Å². The summed E-state index contributed by atoms with van der Waals surface area (Å²) in [4.78, 5) is 31.0. The van der Waals surface area contributed by atoms with Gasteiger partial charge in [0, 0.05) is 37.1 Å². The van der Waals surface area contributed by atoms with Crippen LogP contribution in [0.5, 0.6) is 11.5 Å². The van der Waals surface area contributed by atoms with Crippen molar-refractivity contribution in [1.82, 2.24) is 9.80 Å². The highest BCUT2D eigenvalue weighted by Crippen LogP contribution is 2.31. The Morgan fingerprint density at radius 1 is 1.06 bits per heavy atom. The van der Waals surface area contributed by atoms with Gasteiger partial charge in [-0.3, -0.25) is 9.59 Å². The number of amides is 2. The van der Waals surface area contributed by atoms with E-state index < -0.39 is 0 Å². The first-order valence-corrected chi connectivity index (χ1v) is 12.8. The first-order valence-electron chi connectivity index (χ1n) is 11.9. The molecule has 1 heterocycles. The molecule has 0 unspecified atom stereocenters. The second kappa shape index (κ2) is 13.3. The quantitative estimate of drug-likeness (QED) is 0.355. The van der Waals surface area contributed by atoms with Gasteiger partial charge in [-0.05, 0) is 61.7 Å². The second-order valence-electron chi connectivity index (χ2n) is 8.42. The summed E-state index contributed by atoms with van der Waals surface area (Å²) in [5.41, 5.74) is 1.06. The molecule has 0 saturated heterocycles. The highest BCUT2D eigenvalue weighted by Gasteiger charge is 2.34. The van der Waals surface area contributed by atoms with E-state index in [4.69, 9.17) is 14.2 Å². The van der Waals surface area contributed by atoms with E-state index in [1.165, 1.54) is 0 Å². The highest BCUT2D eigenvalue weighted by atomic mass is 32.1. The molecule has 0 spiro atoms.